The first-order valence-corrected chi connectivity index (χ1v) is 5.42. The summed E-state index contributed by atoms with van der Waals surface area (Å²) in [6.07, 6.45) is 0. The van der Waals surface area contributed by atoms with Gasteiger partial charge in [0, 0.05) is 0 Å². The van der Waals surface area contributed by atoms with Crippen molar-refractivity contribution in [3.8, 4) is 5.75 Å². The number of nitrogens with zero attached hydrogens (tertiary/aromatic N) is 4. The highest BCUT2D eigenvalue weighted by Gasteiger charge is 2.13. The van der Waals surface area contributed by atoms with Gasteiger partial charge in [0.2, 0.25) is 5.82 Å². The van der Waals surface area contributed by atoms with Crippen LogP contribution in [-0.4, -0.2) is 25.2 Å². The molecule has 94 valence electrons. The monoisotopic (exact) mass is 267 g/mol. The van der Waals surface area contributed by atoms with Crippen LogP contribution in [0, 0.1) is 5.82 Å². The van der Waals surface area contributed by atoms with Crippen molar-refractivity contribution in [2.75, 3.05) is 0 Å². The Morgan fingerprint density at radius 3 is 2.94 bits per heavy atom. The highest BCUT2D eigenvalue weighted by atomic mass is 32.1. The number of ether oxygens (including phenoxy) is 1. The smallest absolute Gasteiger partial charge is 0.212 e. The molecule has 2 aromatic rings. The van der Waals surface area contributed by atoms with Crippen LogP contribution in [0.15, 0.2) is 18.2 Å². The lowest BCUT2D eigenvalue weighted by molar-refractivity contribution is 0.293. The maximum absolute atomic E-state index is 13.5. The first-order chi connectivity index (χ1) is 8.58. The molecule has 0 aliphatic heterocycles. The summed E-state index contributed by atoms with van der Waals surface area (Å²) in [5.74, 6) is 0.123. The molecule has 1 aromatic carbocycles. The maximum Gasteiger partial charge on any atom is 0.212 e. The topological polar surface area (TPSA) is 78.8 Å². The van der Waals surface area contributed by atoms with Gasteiger partial charge in [-0.25, -0.2) is 4.39 Å². The standard InChI is InChI=1S/C10H10FN5OS/c1-16-14-8(13-15-16)5-17-7-4-2-3-6(11)9(7)10(12)18/h2-4H,5H2,1H3,(H2,12,18). The second kappa shape index (κ2) is 5.05. The summed E-state index contributed by atoms with van der Waals surface area (Å²) < 4.78 is 18.9. The summed E-state index contributed by atoms with van der Waals surface area (Å²) in [7, 11) is 1.64. The molecule has 0 aliphatic carbocycles. The van der Waals surface area contributed by atoms with E-state index in [0.717, 1.165) is 0 Å². The fraction of sp³-hybridized carbons (Fsp3) is 0.200. The van der Waals surface area contributed by atoms with Crippen LogP contribution in [-0.2, 0) is 13.7 Å². The van der Waals surface area contributed by atoms with Gasteiger partial charge in [0.25, 0.3) is 0 Å². The first-order valence-electron chi connectivity index (χ1n) is 5.02. The lowest BCUT2D eigenvalue weighted by atomic mass is 10.2. The van der Waals surface area contributed by atoms with Crippen molar-refractivity contribution in [1.29, 1.82) is 0 Å². The zero-order chi connectivity index (χ0) is 13.1. The van der Waals surface area contributed by atoms with Gasteiger partial charge < -0.3 is 10.5 Å². The number of hydrogen-bond acceptors (Lipinski definition) is 5. The van der Waals surface area contributed by atoms with Crippen LogP contribution in [0.5, 0.6) is 5.75 Å². The van der Waals surface area contributed by atoms with E-state index >= 15 is 0 Å². The molecule has 0 aliphatic rings. The summed E-state index contributed by atoms with van der Waals surface area (Å²) in [6.45, 7) is 0.0624. The lowest BCUT2D eigenvalue weighted by Gasteiger charge is -2.09. The van der Waals surface area contributed by atoms with E-state index in [1.165, 1.54) is 16.9 Å². The fourth-order valence-electron chi connectivity index (χ4n) is 1.39. The number of halogens is 1. The Bertz CT molecular complexity index is 585. The van der Waals surface area contributed by atoms with Gasteiger partial charge in [0.05, 0.1) is 12.6 Å². The quantitative estimate of drug-likeness (QED) is 0.816. The van der Waals surface area contributed by atoms with Crippen LogP contribution in [0.4, 0.5) is 4.39 Å². The summed E-state index contributed by atoms with van der Waals surface area (Å²) in [4.78, 5) is 1.24. The van der Waals surface area contributed by atoms with Crippen LogP contribution in [0.1, 0.15) is 11.4 Å². The third-order valence-electron chi connectivity index (χ3n) is 2.13. The molecule has 2 rings (SSSR count). The number of benzene rings is 1. The molecule has 0 spiro atoms. The Morgan fingerprint density at radius 1 is 1.56 bits per heavy atom. The number of nitrogens with two attached hydrogens (primary N) is 1. The molecule has 0 amide bonds. The third kappa shape index (κ3) is 2.59. The molecule has 18 heavy (non-hydrogen) atoms. The second-order valence-corrected chi connectivity index (χ2v) is 3.90. The summed E-state index contributed by atoms with van der Waals surface area (Å²) in [5, 5.41) is 11.3. The minimum absolute atomic E-state index is 0.0600. The summed E-state index contributed by atoms with van der Waals surface area (Å²) >= 11 is 4.78. The Hall–Kier alpha value is -2.09. The number of tetrazole rings is 1. The summed E-state index contributed by atoms with van der Waals surface area (Å²) in [5.41, 5.74) is 5.53. The molecule has 0 atom stereocenters. The largest absolute Gasteiger partial charge is 0.485 e. The van der Waals surface area contributed by atoms with Crippen molar-refractivity contribution in [1.82, 2.24) is 20.2 Å². The minimum Gasteiger partial charge on any atom is -0.485 e. The van der Waals surface area contributed by atoms with E-state index < -0.39 is 5.82 Å². The molecule has 0 unspecified atom stereocenters. The molecular formula is C10H10FN5OS. The molecular weight excluding hydrogens is 257 g/mol. The zero-order valence-electron chi connectivity index (χ0n) is 9.50. The number of thiocarbonyl (C=S) groups is 1. The van der Waals surface area contributed by atoms with Crippen molar-refractivity contribution in [2.24, 2.45) is 12.8 Å². The zero-order valence-corrected chi connectivity index (χ0v) is 10.3. The number of hydrogen-bond donors (Lipinski definition) is 1. The van der Waals surface area contributed by atoms with Gasteiger partial charge in [-0.1, -0.05) is 18.3 Å². The van der Waals surface area contributed by atoms with Crippen LogP contribution >= 0.6 is 12.2 Å². The predicted molar refractivity (Wildman–Crippen MR) is 65.4 cm³/mol. The molecule has 0 saturated heterocycles. The van der Waals surface area contributed by atoms with E-state index in [0.29, 0.717) is 5.82 Å². The van der Waals surface area contributed by atoms with Gasteiger partial charge in [-0.2, -0.15) is 4.80 Å². The summed E-state index contributed by atoms with van der Waals surface area (Å²) in [6, 6.07) is 4.35. The van der Waals surface area contributed by atoms with E-state index in [2.05, 4.69) is 15.4 Å². The Kier molecular flexibility index (Phi) is 3.47. The predicted octanol–water partition coefficient (Wildman–Crippen LogP) is 0.562. The molecule has 0 fully saturated rings. The van der Waals surface area contributed by atoms with E-state index in [4.69, 9.17) is 22.7 Å². The van der Waals surface area contributed by atoms with E-state index in [1.807, 2.05) is 0 Å². The highest BCUT2D eigenvalue weighted by Crippen LogP contribution is 2.21. The normalized spacial score (nSPS) is 10.3. The van der Waals surface area contributed by atoms with E-state index in [-0.39, 0.29) is 22.9 Å². The van der Waals surface area contributed by atoms with Crippen LogP contribution in [0.25, 0.3) is 0 Å². The highest BCUT2D eigenvalue weighted by molar-refractivity contribution is 7.80. The molecule has 0 bridgehead atoms. The number of rotatable bonds is 4. The average Bonchev–Trinajstić information content (AvgIpc) is 2.72. The van der Waals surface area contributed by atoms with Crippen molar-refractivity contribution in [2.45, 2.75) is 6.61 Å². The third-order valence-corrected chi connectivity index (χ3v) is 2.33. The van der Waals surface area contributed by atoms with Crippen molar-refractivity contribution in [3.05, 3.63) is 35.4 Å². The van der Waals surface area contributed by atoms with Crippen LogP contribution < -0.4 is 10.5 Å². The Balaban J connectivity index is 2.19. The van der Waals surface area contributed by atoms with Gasteiger partial charge in [-0.15, -0.1) is 10.2 Å². The lowest BCUT2D eigenvalue weighted by Crippen LogP contribution is -2.14. The van der Waals surface area contributed by atoms with Gasteiger partial charge in [-0.05, 0) is 17.3 Å². The second-order valence-electron chi connectivity index (χ2n) is 3.46. The van der Waals surface area contributed by atoms with Gasteiger partial charge in [-0.3, -0.25) is 0 Å². The van der Waals surface area contributed by atoms with Gasteiger partial charge in [0.15, 0.2) is 6.61 Å². The molecule has 8 heteroatoms. The minimum atomic E-state index is -0.521. The number of aryl methyl sites for hydroxylation is 1. The molecule has 1 heterocycles. The van der Waals surface area contributed by atoms with Crippen molar-refractivity contribution < 1.29 is 9.13 Å². The molecule has 6 nitrogen and oxygen atoms in total. The van der Waals surface area contributed by atoms with Crippen LogP contribution in [0.3, 0.4) is 0 Å². The molecule has 2 N–H and O–H groups in total. The van der Waals surface area contributed by atoms with Gasteiger partial charge in [0.1, 0.15) is 16.6 Å². The molecule has 0 saturated carbocycles. The average molecular weight is 267 g/mol. The molecule has 0 radical (unpaired) electrons. The van der Waals surface area contributed by atoms with E-state index in [1.54, 1.807) is 13.1 Å². The first kappa shape index (κ1) is 12.4. The molecule has 1 aromatic heterocycles. The SMILES string of the molecule is Cn1nnc(COc2cccc(F)c2C(N)=S)n1. The van der Waals surface area contributed by atoms with E-state index in [9.17, 15) is 4.39 Å². The van der Waals surface area contributed by atoms with Crippen LogP contribution in [0.2, 0.25) is 0 Å². The van der Waals surface area contributed by atoms with Crippen molar-refractivity contribution in [3.63, 3.8) is 0 Å². The Morgan fingerprint density at radius 2 is 2.33 bits per heavy atom. The Labute approximate surface area is 108 Å². The number of aromatic nitrogens is 4. The van der Waals surface area contributed by atoms with Gasteiger partial charge >= 0.3 is 0 Å². The maximum atomic E-state index is 13.5. The van der Waals surface area contributed by atoms with Crippen molar-refractivity contribution >= 4 is 17.2 Å². The fourth-order valence-corrected chi connectivity index (χ4v) is 1.59.